The Kier molecular flexibility index (Phi) is 4.18. The average molecular weight is 387 g/mol. The molecule has 138 valence electrons. The van der Waals surface area contributed by atoms with E-state index in [9.17, 15) is 0 Å². The average Bonchev–Trinajstić information content (AvgIpc) is 3.38. The molecule has 5 nitrogen and oxygen atoms in total. The van der Waals surface area contributed by atoms with Crippen LogP contribution in [0, 0.1) is 0 Å². The van der Waals surface area contributed by atoms with Crippen LogP contribution in [0.15, 0.2) is 60.9 Å². The molecule has 0 radical (unpaired) electrons. The third-order valence-electron chi connectivity index (χ3n) is 4.61. The van der Waals surface area contributed by atoms with Crippen molar-refractivity contribution in [1.82, 2.24) is 9.97 Å². The Morgan fingerprint density at radius 2 is 1.82 bits per heavy atom. The summed E-state index contributed by atoms with van der Waals surface area (Å²) in [5, 5.41) is 0. The first-order chi connectivity index (χ1) is 13.8. The Morgan fingerprint density at radius 1 is 0.964 bits per heavy atom. The van der Waals surface area contributed by atoms with Crippen LogP contribution in [0.3, 0.4) is 0 Å². The molecule has 3 heterocycles. The van der Waals surface area contributed by atoms with Gasteiger partial charge in [-0.3, -0.25) is 0 Å². The molecule has 0 saturated carbocycles. The minimum absolute atomic E-state index is 0.266. The van der Waals surface area contributed by atoms with E-state index in [1.807, 2.05) is 48.3 Å². The number of hydrogen-bond donors (Lipinski definition) is 0. The SMILES string of the molecule is CN(c1ccc2c(c1)OCO2)c1ncnc2cc(C=Cc3ccccc3)sc12. The maximum absolute atomic E-state index is 5.50. The van der Waals surface area contributed by atoms with E-state index < -0.39 is 0 Å². The van der Waals surface area contributed by atoms with Crippen molar-refractivity contribution >= 4 is 45.2 Å². The van der Waals surface area contributed by atoms with Gasteiger partial charge in [0, 0.05) is 23.7 Å². The van der Waals surface area contributed by atoms with Gasteiger partial charge in [0.25, 0.3) is 0 Å². The molecule has 0 aliphatic carbocycles. The second-order valence-corrected chi connectivity index (χ2v) is 7.48. The second-order valence-electron chi connectivity index (χ2n) is 6.40. The van der Waals surface area contributed by atoms with Gasteiger partial charge < -0.3 is 14.4 Å². The number of anilines is 2. The van der Waals surface area contributed by atoms with Gasteiger partial charge >= 0.3 is 0 Å². The van der Waals surface area contributed by atoms with E-state index in [1.54, 1.807) is 17.7 Å². The molecule has 5 rings (SSSR count). The quantitative estimate of drug-likeness (QED) is 0.472. The van der Waals surface area contributed by atoms with E-state index in [2.05, 4.69) is 40.3 Å². The summed E-state index contributed by atoms with van der Waals surface area (Å²) in [6, 6.07) is 18.3. The molecule has 0 amide bonds. The molecule has 4 aromatic rings. The van der Waals surface area contributed by atoms with Crippen LogP contribution in [0.5, 0.6) is 11.5 Å². The summed E-state index contributed by atoms with van der Waals surface area (Å²) in [5.41, 5.74) is 3.10. The maximum atomic E-state index is 5.50. The lowest BCUT2D eigenvalue weighted by atomic mass is 10.2. The van der Waals surface area contributed by atoms with Crippen LogP contribution in [-0.2, 0) is 0 Å². The molecule has 0 unspecified atom stereocenters. The van der Waals surface area contributed by atoms with Gasteiger partial charge in [0.2, 0.25) is 6.79 Å². The number of thiophene rings is 1. The van der Waals surface area contributed by atoms with Gasteiger partial charge in [-0.15, -0.1) is 11.3 Å². The predicted molar refractivity (Wildman–Crippen MR) is 113 cm³/mol. The number of rotatable bonds is 4. The van der Waals surface area contributed by atoms with Crippen LogP contribution in [0.1, 0.15) is 10.4 Å². The largest absolute Gasteiger partial charge is 0.454 e. The zero-order valence-electron chi connectivity index (χ0n) is 15.2. The smallest absolute Gasteiger partial charge is 0.231 e. The van der Waals surface area contributed by atoms with Gasteiger partial charge in [0.1, 0.15) is 6.33 Å². The molecule has 0 bridgehead atoms. The Morgan fingerprint density at radius 3 is 2.71 bits per heavy atom. The molecule has 2 aromatic carbocycles. The summed E-state index contributed by atoms with van der Waals surface area (Å²) in [7, 11) is 2.00. The Hall–Kier alpha value is -3.38. The molecule has 28 heavy (non-hydrogen) atoms. The lowest BCUT2D eigenvalue weighted by molar-refractivity contribution is 0.174. The number of benzene rings is 2. The van der Waals surface area contributed by atoms with Gasteiger partial charge in [-0.1, -0.05) is 36.4 Å². The van der Waals surface area contributed by atoms with Crippen molar-refractivity contribution in [2.45, 2.75) is 0 Å². The summed E-state index contributed by atoms with van der Waals surface area (Å²) >= 11 is 1.68. The summed E-state index contributed by atoms with van der Waals surface area (Å²) in [4.78, 5) is 12.2. The molecular weight excluding hydrogens is 370 g/mol. The van der Waals surface area contributed by atoms with E-state index >= 15 is 0 Å². The summed E-state index contributed by atoms with van der Waals surface area (Å²) in [6.07, 6.45) is 5.84. The number of nitrogens with zero attached hydrogens (tertiary/aromatic N) is 3. The number of ether oxygens (including phenoxy) is 2. The molecular formula is C22H17N3O2S. The predicted octanol–water partition coefficient (Wildman–Crippen LogP) is 5.36. The van der Waals surface area contributed by atoms with Crippen molar-refractivity contribution < 1.29 is 9.47 Å². The van der Waals surface area contributed by atoms with E-state index in [0.717, 1.165) is 38.1 Å². The van der Waals surface area contributed by atoms with Crippen molar-refractivity contribution in [2.24, 2.45) is 0 Å². The first-order valence-corrected chi connectivity index (χ1v) is 9.71. The summed E-state index contributed by atoms with van der Waals surface area (Å²) in [5.74, 6) is 2.40. The maximum Gasteiger partial charge on any atom is 0.231 e. The lowest BCUT2D eigenvalue weighted by Crippen LogP contribution is -2.11. The second kappa shape index (κ2) is 6.98. The highest BCUT2D eigenvalue weighted by Gasteiger charge is 2.18. The van der Waals surface area contributed by atoms with Crippen LogP contribution in [-0.4, -0.2) is 23.8 Å². The van der Waals surface area contributed by atoms with Gasteiger partial charge in [-0.25, -0.2) is 9.97 Å². The third-order valence-corrected chi connectivity index (χ3v) is 5.70. The minimum Gasteiger partial charge on any atom is -0.454 e. The summed E-state index contributed by atoms with van der Waals surface area (Å²) in [6.45, 7) is 0.266. The van der Waals surface area contributed by atoms with Gasteiger partial charge in [0.05, 0.1) is 10.2 Å². The fraction of sp³-hybridized carbons (Fsp3) is 0.0909. The molecule has 0 saturated heterocycles. The normalized spacial score (nSPS) is 12.8. The topological polar surface area (TPSA) is 47.5 Å². The Bertz CT molecular complexity index is 1170. The highest BCUT2D eigenvalue weighted by molar-refractivity contribution is 7.20. The zero-order chi connectivity index (χ0) is 18.9. The van der Waals surface area contributed by atoms with Crippen molar-refractivity contribution in [1.29, 1.82) is 0 Å². The van der Waals surface area contributed by atoms with Crippen LogP contribution < -0.4 is 14.4 Å². The molecule has 2 aromatic heterocycles. The van der Waals surface area contributed by atoms with Gasteiger partial charge in [-0.2, -0.15) is 0 Å². The number of aromatic nitrogens is 2. The molecule has 0 atom stereocenters. The van der Waals surface area contributed by atoms with Crippen LogP contribution in [0.2, 0.25) is 0 Å². The van der Waals surface area contributed by atoms with Gasteiger partial charge in [0.15, 0.2) is 17.3 Å². The van der Waals surface area contributed by atoms with E-state index in [-0.39, 0.29) is 6.79 Å². The molecule has 6 heteroatoms. The first kappa shape index (κ1) is 16.8. The van der Waals surface area contributed by atoms with Crippen LogP contribution in [0.4, 0.5) is 11.5 Å². The fourth-order valence-electron chi connectivity index (χ4n) is 3.14. The molecule has 1 aliphatic rings. The first-order valence-electron chi connectivity index (χ1n) is 8.89. The summed E-state index contributed by atoms with van der Waals surface area (Å²) < 4.78 is 12.0. The molecule has 1 aliphatic heterocycles. The van der Waals surface area contributed by atoms with E-state index in [4.69, 9.17) is 9.47 Å². The zero-order valence-corrected chi connectivity index (χ0v) is 16.0. The van der Waals surface area contributed by atoms with Crippen LogP contribution in [0.25, 0.3) is 22.4 Å². The minimum atomic E-state index is 0.266. The molecule has 0 spiro atoms. The van der Waals surface area contributed by atoms with Crippen molar-refractivity contribution in [3.63, 3.8) is 0 Å². The number of hydrogen-bond acceptors (Lipinski definition) is 6. The molecule has 0 N–H and O–H groups in total. The van der Waals surface area contributed by atoms with Gasteiger partial charge in [-0.05, 0) is 29.8 Å². The van der Waals surface area contributed by atoms with E-state index in [1.165, 1.54) is 5.56 Å². The standard InChI is InChI=1S/C22H17N3O2S/c1-25(16-8-10-19-20(11-16)27-14-26-19)22-21-18(23-13-24-22)12-17(28-21)9-7-15-5-3-2-4-6-15/h2-13H,14H2,1H3. The van der Waals surface area contributed by atoms with Crippen LogP contribution >= 0.6 is 11.3 Å². The monoisotopic (exact) mass is 387 g/mol. The highest BCUT2D eigenvalue weighted by atomic mass is 32.1. The van der Waals surface area contributed by atoms with Crippen molar-refractivity contribution in [2.75, 3.05) is 18.7 Å². The number of fused-ring (bicyclic) bond motifs is 2. The van der Waals surface area contributed by atoms with Crippen molar-refractivity contribution in [3.8, 4) is 11.5 Å². The lowest BCUT2D eigenvalue weighted by Gasteiger charge is -2.18. The molecule has 0 fully saturated rings. The van der Waals surface area contributed by atoms with E-state index in [0.29, 0.717) is 0 Å². The highest BCUT2D eigenvalue weighted by Crippen LogP contribution is 2.39. The van der Waals surface area contributed by atoms with Crippen molar-refractivity contribution in [3.05, 3.63) is 71.4 Å². The fourth-order valence-corrected chi connectivity index (χ4v) is 4.18. The third kappa shape index (κ3) is 3.08. The Balaban J connectivity index is 1.49. The Labute approximate surface area is 166 Å².